The van der Waals surface area contributed by atoms with Crippen molar-refractivity contribution in [3.8, 4) is 0 Å². The molecule has 4 atom stereocenters. The van der Waals surface area contributed by atoms with E-state index in [-0.39, 0.29) is 6.29 Å². The second-order valence-electron chi connectivity index (χ2n) is 2.50. The Labute approximate surface area is 76.8 Å². The highest BCUT2D eigenvalue weighted by molar-refractivity contribution is 5.56. The number of carbonyl (C=O) groups excluding carboxylic acids is 1. The average molecular weight is 195 g/mol. The number of hydrogen-bond acceptors (Lipinski definition) is 6. The van der Waals surface area contributed by atoms with Crippen LogP contribution in [-0.2, 0) is 9.53 Å². The molecule has 0 rings (SSSR count). The van der Waals surface area contributed by atoms with Crippen molar-refractivity contribution in [3.05, 3.63) is 0 Å². The molecule has 0 radical (unpaired) electrons. The minimum atomic E-state index is -1.64. The van der Waals surface area contributed by atoms with E-state index in [0.717, 1.165) is 0 Å². The van der Waals surface area contributed by atoms with Gasteiger partial charge in [0.05, 0.1) is 7.98 Å². The Morgan fingerprint density at radius 2 is 2.15 bits per heavy atom. The molecule has 0 aliphatic carbocycles. The first-order valence-corrected chi connectivity index (χ1v) is 3.59. The zero-order valence-electron chi connectivity index (χ0n) is 7.91. The summed E-state index contributed by atoms with van der Waals surface area (Å²) in [6, 6.07) is 0. The number of hydrogen-bond donors (Lipinski definition) is 4. The normalized spacial score (nSPS) is 21.4. The quantitative estimate of drug-likeness (QED) is 0.343. The maximum absolute atomic E-state index is 10.2. The Morgan fingerprint density at radius 3 is 2.54 bits per heavy atom. The molecule has 0 unspecified atom stereocenters. The van der Waals surface area contributed by atoms with E-state index in [1.165, 1.54) is 0 Å². The first-order chi connectivity index (χ1) is 6.58. The van der Waals surface area contributed by atoms with Crippen LogP contribution in [0.1, 0.15) is 1.37 Å². The number of methoxy groups -OCH3 is 1. The topological polar surface area (TPSA) is 107 Å². The van der Waals surface area contributed by atoms with Crippen LogP contribution in [0.4, 0.5) is 0 Å². The molecule has 0 bridgehead atoms. The Morgan fingerprint density at radius 1 is 1.54 bits per heavy atom. The van der Waals surface area contributed by atoms with Crippen LogP contribution in [0.15, 0.2) is 0 Å². The van der Waals surface area contributed by atoms with Crippen molar-refractivity contribution in [3.63, 3.8) is 0 Å². The van der Waals surface area contributed by atoms with Crippen molar-refractivity contribution in [1.82, 2.24) is 0 Å². The molecule has 0 spiro atoms. The van der Waals surface area contributed by atoms with Crippen molar-refractivity contribution in [2.75, 3.05) is 13.7 Å². The molecule has 0 heterocycles. The lowest BCUT2D eigenvalue weighted by molar-refractivity contribution is -0.143. The molecule has 0 aromatic carbocycles. The van der Waals surface area contributed by atoms with Gasteiger partial charge in [-0.15, -0.1) is 0 Å². The van der Waals surface area contributed by atoms with Crippen LogP contribution >= 0.6 is 0 Å². The molecule has 0 aliphatic rings. The lowest BCUT2D eigenvalue weighted by Crippen LogP contribution is -2.47. The van der Waals surface area contributed by atoms with Crippen molar-refractivity contribution >= 4 is 6.29 Å². The molecule has 0 aromatic heterocycles. The Kier molecular flexibility index (Phi) is 4.87. The number of aldehydes is 1. The van der Waals surface area contributed by atoms with E-state index < -0.39 is 38.1 Å². The summed E-state index contributed by atoms with van der Waals surface area (Å²) in [5.74, 6) is 0. The molecule has 0 fully saturated rings. The molecular weight excluding hydrogens is 180 g/mol. The van der Waals surface area contributed by atoms with E-state index >= 15 is 0 Å². The van der Waals surface area contributed by atoms with Gasteiger partial charge < -0.3 is 30.0 Å². The summed E-state index contributed by atoms with van der Waals surface area (Å²) in [6.07, 6.45) is -6.08. The molecule has 0 aliphatic heterocycles. The summed E-state index contributed by atoms with van der Waals surface area (Å²) in [6.45, 7) is -0.732. The summed E-state index contributed by atoms with van der Waals surface area (Å²) in [7, 11) is -0.579. The Bertz CT molecular complexity index is 166. The summed E-state index contributed by atoms with van der Waals surface area (Å²) in [4.78, 5) is 10.2. The second-order valence-corrected chi connectivity index (χ2v) is 2.50. The van der Waals surface area contributed by atoms with Gasteiger partial charge in [0.15, 0.2) is 6.29 Å². The lowest BCUT2D eigenvalue weighted by Gasteiger charge is -2.25. The van der Waals surface area contributed by atoms with Gasteiger partial charge in [-0.3, -0.25) is 0 Å². The third-order valence-electron chi connectivity index (χ3n) is 1.59. The standard InChI is InChI=1S/C7H14O6/c1-13-7(5(11)3-9)6(12)4(10)2-8/h3-8,10-12H,2H2,1H3/t4-,5+,6-,7-/m1/s1/i1D. The molecular formula is C7H14O6. The van der Waals surface area contributed by atoms with Gasteiger partial charge in [-0.05, 0) is 0 Å². The Balaban J connectivity index is 4.38. The molecule has 4 N–H and O–H groups in total. The lowest BCUT2D eigenvalue weighted by atomic mass is 10.0. The van der Waals surface area contributed by atoms with Crippen LogP contribution in [0, 0.1) is 0 Å². The first kappa shape index (κ1) is 10.6. The molecule has 6 heteroatoms. The highest BCUT2D eigenvalue weighted by Crippen LogP contribution is 2.07. The van der Waals surface area contributed by atoms with Gasteiger partial charge in [0, 0.05) is 7.09 Å². The van der Waals surface area contributed by atoms with Crippen LogP contribution in [0.25, 0.3) is 0 Å². The fourth-order valence-corrected chi connectivity index (χ4v) is 0.804. The maximum atomic E-state index is 10.2. The number of aliphatic hydroxyl groups is 4. The van der Waals surface area contributed by atoms with Gasteiger partial charge in [-0.2, -0.15) is 0 Å². The van der Waals surface area contributed by atoms with Crippen LogP contribution in [0.2, 0.25) is 0 Å². The zero-order chi connectivity index (χ0) is 11.1. The van der Waals surface area contributed by atoms with Gasteiger partial charge in [-0.1, -0.05) is 0 Å². The third kappa shape index (κ3) is 3.37. The van der Waals surface area contributed by atoms with Crippen molar-refractivity contribution < 1.29 is 31.3 Å². The summed E-state index contributed by atoms with van der Waals surface area (Å²) in [5.41, 5.74) is 0. The summed E-state index contributed by atoms with van der Waals surface area (Å²) in [5, 5.41) is 35.8. The smallest absolute Gasteiger partial charge is 0.151 e. The van der Waals surface area contributed by atoms with E-state index in [2.05, 4.69) is 4.74 Å². The number of aliphatic hydroxyl groups excluding tert-OH is 4. The fourth-order valence-electron chi connectivity index (χ4n) is 0.804. The SMILES string of the molecule is [2H]CO[C@@H]([C@H](O)[C@H](O)CO)[C@@H](O)C=O. The number of ether oxygens (including phenoxy) is 1. The fraction of sp³-hybridized carbons (Fsp3) is 0.857. The van der Waals surface area contributed by atoms with Crippen LogP contribution in [0.5, 0.6) is 0 Å². The Hall–Kier alpha value is -0.530. The van der Waals surface area contributed by atoms with Crippen LogP contribution in [0.3, 0.4) is 0 Å². The van der Waals surface area contributed by atoms with Gasteiger partial charge in [0.2, 0.25) is 0 Å². The van der Waals surface area contributed by atoms with E-state index in [0.29, 0.717) is 0 Å². The van der Waals surface area contributed by atoms with Crippen molar-refractivity contribution in [1.29, 1.82) is 0 Å². The molecule has 6 nitrogen and oxygen atoms in total. The number of carbonyl (C=O) groups is 1. The number of rotatable bonds is 6. The van der Waals surface area contributed by atoms with Gasteiger partial charge in [-0.25, -0.2) is 0 Å². The molecule has 0 aromatic rings. The van der Waals surface area contributed by atoms with E-state index in [1.807, 2.05) is 0 Å². The van der Waals surface area contributed by atoms with E-state index in [9.17, 15) is 9.90 Å². The minimum Gasteiger partial charge on any atom is -0.394 e. The van der Waals surface area contributed by atoms with Gasteiger partial charge in [0.1, 0.15) is 24.4 Å². The zero-order valence-corrected chi connectivity index (χ0v) is 6.91. The van der Waals surface area contributed by atoms with Gasteiger partial charge in [0.25, 0.3) is 0 Å². The first-order valence-electron chi connectivity index (χ1n) is 4.30. The monoisotopic (exact) mass is 195 g/mol. The maximum Gasteiger partial charge on any atom is 0.151 e. The molecule has 0 amide bonds. The predicted molar refractivity (Wildman–Crippen MR) is 42.0 cm³/mol. The van der Waals surface area contributed by atoms with E-state index in [1.54, 1.807) is 0 Å². The van der Waals surface area contributed by atoms with Crippen LogP contribution in [-0.4, -0.2) is 64.8 Å². The van der Waals surface area contributed by atoms with Crippen LogP contribution < -0.4 is 0 Å². The molecule has 13 heavy (non-hydrogen) atoms. The van der Waals surface area contributed by atoms with E-state index in [4.69, 9.17) is 16.7 Å². The van der Waals surface area contributed by atoms with Crippen molar-refractivity contribution in [2.45, 2.75) is 24.4 Å². The molecule has 78 valence electrons. The highest BCUT2D eigenvalue weighted by atomic mass is 16.5. The molecule has 0 saturated carbocycles. The summed E-state index contributed by atoms with van der Waals surface area (Å²) >= 11 is 0. The minimum absolute atomic E-state index is 0.119. The molecule has 0 saturated heterocycles. The average Bonchev–Trinajstić information content (AvgIpc) is 2.22. The largest absolute Gasteiger partial charge is 0.394 e. The van der Waals surface area contributed by atoms with Crippen molar-refractivity contribution in [2.24, 2.45) is 0 Å². The summed E-state index contributed by atoms with van der Waals surface area (Å²) < 4.78 is 11.2. The second kappa shape index (κ2) is 6.01. The third-order valence-corrected chi connectivity index (χ3v) is 1.59. The predicted octanol–water partition coefficient (Wildman–Crippen LogP) is -2.72. The van der Waals surface area contributed by atoms with Gasteiger partial charge >= 0.3 is 0 Å². The highest BCUT2D eigenvalue weighted by Gasteiger charge is 2.31.